The van der Waals surface area contributed by atoms with Crippen molar-refractivity contribution < 1.29 is 4.74 Å². The Balaban J connectivity index is 1.78. The zero-order valence-corrected chi connectivity index (χ0v) is 13.8. The van der Waals surface area contributed by atoms with Crippen LogP contribution in [0.5, 0.6) is 5.75 Å². The summed E-state index contributed by atoms with van der Waals surface area (Å²) < 4.78 is 5.25. The molecule has 0 aliphatic carbocycles. The molecule has 0 bridgehead atoms. The Bertz CT molecular complexity index is 704. The van der Waals surface area contributed by atoms with Crippen LogP contribution in [-0.2, 0) is 0 Å². The topological polar surface area (TPSA) is 74.1 Å². The van der Waals surface area contributed by atoms with Gasteiger partial charge in [-0.15, -0.1) is 0 Å². The molecule has 1 unspecified atom stereocenters. The molecule has 1 saturated heterocycles. The van der Waals surface area contributed by atoms with Gasteiger partial charge in [-0.3, -0.25) is 4.90 Å². The summed E-state index contributed by atoms with van der Waals surface area (Å²) in [5, 5.41) is 12.5. The standard InChI is InChI=1S/C18H21N5O/c1-24-15-6-4-14(5-7-15)17(23-10-2-3-11-23)13-22-18-16(12-19)20-8-9-21-18/h4-9,17H,2-3,10-11,13H2,1H3,(H,21,22). The van der Waals surface area contributed by atoms with E-state index in [1.807, 2.05) is 12.1 Å². The van der Waals surface area contributed by atoms with E-state index in [-0.39, 0.29) is 6.04 Å². The molecule has 1 aromatic heterocycles. The van der Waals surface area contributed by atoms with Crippen LogP contribution in [0, 0.1) is 11.3 Å². The highest BCUT2D eigenvalue weighted by atomic mass is 16.5. The summed E-state index contributed by atoms with van der Waals surface area (Å²) in [6.07, 6.45) is 5.58. The van der Waals surface area contributed by atoms with Gasteiger partial charge < -0.3 is 10.1 Å². The van der Waals surface area contributed by atoms with Crippen molar-refractivity contribution in [1.82, 2.24) is 14.9 Å². The van der Waals surface area contributed by atoms with Gasteiger partial charge in [0.2, 0.25) is 0 Å². The molecule has 0 saturated carbocycles. The monoisotopic (exact) mass is 323 g/mol. The quantitative estimate of drug-likeness (QED) is 0.881. The number of nitrogens with one attached hydrogen (secondary N) is 1. The smallest absolute Gasteiger partial charge is 0.182 e. The number of methoxy groups -OCH3 is 1. The van der Waals surface area contributed by atoms with E-state index in [0.717, 1.165) is 18.8 Å². The molecule has 124 valence electrons. The normalized spacial score (nSPS) is 15.7. The molecule has 2 aromatic rings. The van der Waals surface area contributed by atoms with Crippen LogP contribution in [0.2, 0.25) is 0 Å². The molecule has 3 rings (SSSR count). The van der Waals surface area contributed by atoms with Crippen LogP contribution in [0.4, 0.5) is 5.82 Å². The second-order valence-corrected chi connectivity index (χ2v) is 5.78. The van der Waals surface area contributed by atoms with E-state index in [1.54, 1.807) is 13.3 Å². The van der Waals surface area contributed by atoms with Gasteiger partial charge in [0.25, 0.3) is 0 Å². The molecule has 1 aliphatic rings. The summed E-state index contributed by atoms with van der Waals surface area (Å²) in [7, 11) is 1.67. The number of benzene rings is 1. The summed E-state index contributed by atoms with van der Waals surface area (Å²) in [4.78, 5) is 10.8. The Hall–Kier alpha value is -2.65. The Kier molecular flexibility index (Phi) is 5.24. The van der Waals surface area contributed by atoms with Gasteiger partial charge >= 0.3 is 0 Å². The molecule has 6 nitrogen and oxygen atoms in total. The molecule has 1 N–H and O–H groups in total. The van der Waals surface area contributed by atoms with E-state index in [9.17, 15) is 0 Å². The number of nitriles is 1. The van der Waals surface area contributed by atoms with Crippen LogP contribution in [0.1, 0.15) is 30.1 Å². The second kappa shape index (κ2) is 7.75. The first-order chi connectivity index (χ1) is 11.8. The third kappa shape index (κ3) is 3.63. The minimum Gasteiger partial charge on any atom is -0.497 e. The predicted octanol–water partition coefficient (Wildman–Crippen LogP) is 2.61. The number of hydrogen-bond donors (Lipinski definition) is 1. The van der Waals surface area contributed by atoms with E-state index in [4.69, 9.17) is 10.00 Å². The summed E-state index contributed by atoms with van der Waals surface area (Å²) >= 11 is 0. The van der Waals surface area contributed by atoms with Crippen LogP contribution in [0.3, 0.4) is 0 Å². The highest BCUT2D eigenvalue weighted by molar-refractivity contribution is 5.47. The number of likely N-dealkylation sites (tertiary alicyclic amines) is 1. The number of aromatic nitrogens is 2. The third-order valence-corrected chi connectivity index (χ3v) is 4.35. The lowest BCUT2D eigenvalue weighted by molar-refractivity contribution is 0.255. The zero-order chi connectivity index (χ0) is 16.8. The minimum absolute atomic E-state index is 0.229. The molecule has 24 heavy (non-hydrogen) atoms. The van der Waals surface area contributed by atoms with Crippen LogP contribution < -0.4 is 10.1 Å². The Morgan fingerprint density at radius 1 is 1.21 bits per heavy atom. The molecule has 6 heteroatoms. The average Bonchev–Trinajstić information content (AvgIpc) is 3.17. The molecule has 1 atom stereocenters. The van der Waals surface area contributed by atoms with Gasteiger partial charge in [0.1, 0.15) is 11.8 Å². The number of anilines is 1. The van der Waals surface area contributed by atoms with E-state index >= 15 is 0 Å². The first-order valence-corrected chi connectivity index (χ1v) is 8.15. The van der Waals surface area contributed by atoms with Crippen molar-refractivity contribution >= 4 is 5.82 Å². The lowest BCUT2D eigenvalue weighted by Crippen LogP contribution is -2.31. The van der Waals surface area contributed by atoms with Crippen LogP contribution in [0.25, 0.3) is 0 Å². The number of nitrogens with zero attached hydrogens (tertiary/aromatic N) is 4. The summed E-state index contributed by atoms with van der Waals surface area (Å²) in [6, 6.07) is 10.5. The fraction of sp³-hybridized carbons (Fsp3) is 0.389. The molecular formula is C18H21N5O. The van der Waals surface area contributed by atoms with Crippen LogP contribution >= 0.6 is 0 Å². The Morgan fingerprint density at radius 3 is 2.58 bits per heavy atom. The molecule has 0 radical (unpaired) electrons. The first-order valence-electron chi connectivity index (χ1n) is 8.15. The average molecular weight is 323 g/mol. The van der Waals surface area contributed by atoms with Gasteiger partial charge in [0, 0.05) is 18.9 Å². The molecule has 1 aliphatic heterocycles. The molecule has 1 aromatic carbocycles. The van der Waals surface area contributed by atoms with Crippen molar-refractivity contribution in [3.63, 3.8) is 0 Å². The third-order valence-electron chi connectivity index (χ3n) is 4.35. The van der Waals surface area contributed by atoms with Gasteiger partial charge in [-0.25, -0.2) is 9.97 Å². The van der Waals surface area contributed by atoms with Crippen molar-refractivity contribution in [1.29, 1.82) is 5.26 Å². The van der Waals surface area contributed by atoms with E-state index in [0.29, 0.717) is 18.1 Å². The van der Waals surface area contributed by atoms with Gasteiger partial charge in [0.05, 0.1) is 13.2 Å². The minimum atomic E-state index is 0.229. The Labute approximate surface area is 142 Å². The summed E-state index contributed by atoms with van der Waals surface area (Å²) in [5.41, 5.74) is 1.56. The van der Waals surface area contributed by atoms with Crippen molar-refractivity contribution in [3.8, 4) is 11.8 Å². The SMILES string of the molecule is COc1ccc(C(CNc2nccnc2C#N)N2CCCC2)cc1. The van der Waals surface area contributed by atoms with E-state index < -0.39 is 0 Å². The highest BCUT2D eigenvalue weighted by Crippen LogP contribution is 2.27. The predicted molar refractivity (Wildman–Crippen MR) is 91.8 cm³/mol. The number of hydrogen-bond acceptors (Lipinski definition) is 6. The molecule has 0 spiro atoms. The lowest BCUT2D eigenvalue weighted by atomic mass is 10.1. The van der Waals surface area contributed by atoms with E-state index in [2.05, 4.69) is 38.4 Å². The Morgan fingerprint density at radius 2 is 1.92 bits per heavy atom. The molecule has 0 amide bonds. The lowest BCUT2D eigenvalue weighted by Gasteiger charge is -2.28. The van der Waals surface area contributed by atoms with Crippen molar-refractivity contribution in [2.24, 2.45) is 0 Å². The highest BCUT2D eigenvalue weighted by Gasteiger charge is 2.23. The summed E-state index contributed by atoms with van der Waals surface area (Å²) in [6.45, 7) is 2.85. The zero-order valence-electron chi connectivity index (χ0n) is 13.8. The van der Waals surface area contributed by atoms with Crippen molar-refractivity contribution in [2.75, 3.05) is 32.1 Å². The fourth-order valence-corrected chi connectivity index (χ4v) is 3.08. The fourth-order valence-electron chi connectivity index (χ4n) is 3.08. The molecule has 1 fully saturated rings. The number of ether oxygens (including phenoxy) is 1. The maximum atomic E-state index is 9.15. The van der Waals surface area contributed by atoms with Gasteiger partial charge in [-0.05, 0) is 43.6 Å². The number of rotatable bonds is 6. The molecule has 2 heterocycles. The van der Waals surface area contributed by atoms with Crippen molar-refractivity contribution in [3.05, 3.63) is 47.9 Å². The second-order valence-electron chi connectivity index (χ2n) is 5.78. The maximum Gasteiger partial charge on any atom is 0.182 e. The van der Waals surface area contributed by atoms with Crippen LogP contribution in [0.15, 0.2) is 36.7 Å². The summed E-state index contributed by atoms with van der Waals surface area (Å²) in [5.74, 6) is 1.39. The van der Waals surface area contributed by atoms with Gasteiger partial charge in [-0.1, -0.05) is 12.1 Å². The largest absolute Gasteiger partial charge is 0.497 e. The van der Waals surface area contributed by atoms with Gasteiger partial charge in [-0.2, -0.15) is 5.26 Å². The van der Waals surface area contributed by atoms with Gasteiger partial charge in [0.15, 0.2) is 11.5 Å². The van der Waals surface area contributed by atoms with Crippen LogP contribution in [-0.4, -0.2) is 41.6 Å². The first kappa shape index (κ1) is 16.2. The molecular weight excluding hydrogens is 302 g/mol. The van der Waals surface area contributed by atoms with Crippen molar-refractivity contribution in [2.45, 2.75) is 18.9 Å². The van der Waals surface area contributed by atoms with E-state index in [1.165, 1.54) is 24.6 Å². The maximum absolute atomic E-state index is 9.15.